The minimum absolute atomic E-state index is 0.326. The second-order valence-electron chi connectivity index (χ2n) is 3.07. The lowest BCUT2D eigenvalue weighted by Crippen LogP contribution is -2.06. The summed E-state index contributed by atoms with van der Waals surface area (Å²) < 4.78 is 36.9. The van der Waals surface area contributed by atoms with Crippen LogP contribution in [0.25, 0.3) is 11.0 Å². The molecule has 2 aromatic rings. The largest absolute Gasteiger partial charge is 0.449 e. The third kappa shape index (κ3) is 1.99. The number of aromatic amines is 1. The van der Waals surface area contributed by atoms with Crippen molar-refractivity contribution in [2.45, 2.75) is 11.5 Å². The number of aromatic nitrogens is 2. The second kappa shape index (κ2) is 3.52. The molecule has 0 bridgehead atoms. The molecule has 0 amide bonds. The monoisotopic (exact) mass is 278 g/mol. The predicted octanol–water partition coefficient (Wildman–Crippen LogP) is 3.48. The summed E-state index contributed by atoms with van der Waals surface area (Å²) in [4.78, 5) is 5.72. The van der Waals surface area contributed by atoms with Crippen molar-refractivity contribution in [3.63, 3.8) is 0 Å². The molecule has 0 saturated carbocycles. The molecule has 80 valence electrons. The van der Waals surface area contributed by atoms with Gasteiger partial charge in [0, 0.05) is 5.33 Å². The number of imidazole rings is 1. The molecule has 0 radical (unpaired) electrons. The first-order valence-corrected chi connectivity index (χ1v) is 5.24. The van der Waals surface area contributed by atoms with Gasteiger partial charge in [-0.15, -0.1) is 0 Å². The van der Waals surface area contributed by atoms with Crippen molar-refractivity contribution in [3.8, 4) is 0 Å². The standard InChI is InChI=1S/C9H6BrF3N2/c10-4-5-1-2-6-7(3-5)15-8(14-6)9(11,12)13/h1-3H,4H2,(H,14,15). The van der Waals surface area contributed by atoms with Gasteiger partial charge in [-0.25, -0.2) is 4.98 Å². The van der Waals surface area contributed by atoms with Crippen LogP contribution < -0.4 is 0 Å². The number of rotatable bonds is 1. The molecule has 0 aliphatic heterocycles. The van der Waals surface area contributed by atoms with E-state index in [-0.39, 0.29) is 0 Å². The molecule has 6 heteroatoms. The molecule has 0 atom stereocenters. The summed E-state index contributed by atoms with van der Waals surface area (Å²) in [6.45, 7) is 0. The number of nitrogens with one attached hydrogen (secondary N) is 1. The van der Waals surface area contributed by atoms with Gasteiger partial charge in [-0.2, -0.15) is 13.2 Å². The zero-order valence-electron chi connectivity index (χ0n) is 7.40. The van der Waals surface area contributed by atoms with Gasteiger partial charge in [0.2, 0.25) is 5.82 Å². The Kier molecular flexibility index (Phi) is 2.46. The maximum Gasteiger partial charge on any atom is 0.449 e. The van der Waals surface area contributed by atoms with Crippen molar-refractivity contribution in [1.29, 1.82) is 0 Å². The minimum Gasteiger partial charge on any atom is -0.334 e. The maximum absolute atomic E-state index is 12.3. The molecule has 0 aliphatic carbocycles. The van der Waals surface area contributed by atoms with Crippen LogP contribution in [0, 0.1) is 0 Å². The van der Waals surface area contributed by atoms with E-state index in [9.17, 15) is 13.2 Å². The molecule has 1 N–H and O–H groups in total. The fourth-order valence-electron chi connectivity index (χ4n) is 1.27. The first kappa shape index (κ1) is 10.5. The van der Waals surface area contributed by atoms with Gasteiger partial charge in [-0.1, -0.05) is 22.0 Å². The highest BCUT2D eigenvalue weighted by atomic mass is 79.9. The zero-order valence-corrected chi connectivity index (χ0v) is 8.98. The molecule has 0 fully saturated rings. The average Bonchev–Trinajstić information content (AvgIpc) is 2.59. The summed E-state index contributed by atoms with van der Waals surface area (Å²) in [5, 5.41) is 0.601. The Morgan fingerprint density at radius 1 is 1.33 bits per heavy atom. The van der Waals surface area contributed by atoms with Crippen LogP contribution in [0.5, 0.6) is 0 Å². The fourth-order valence-corrected chi connectivity index (χ4v) is 1.62. The molecule has 0 spiro atoms. The van der Waals surface area contributed by atoms with Crippen LogP contribution in [0.4, 0.5) is 13.2 Å². The summed E-state index contributed by atoms with van der Waals surface area (Å²) in [6, 6.07) is 4.95. The summed E-state index contributed by atoms with van der Waals surface area (Å²) in [5.41, 5.74) is 1.63. The molecule has 2 nitrogen and oxygen atoms in total. The molecular weight excluding hydrogens is 273 g/mol. The van der Waals surface area contributed by atoms with Crippen LogP contribution in [-0.2, 0) is 11.5 Å². The van der Waals surface area contributed by atoms with E-state index in [4.69, 9.17) is 0 Å². The first-order chi connectivity index (χ1) is 7.00. The summed E-state index contributed by atoms with van der Waals surface area (Å²) in [6.07, 6.45) is -4.42. The number of fused-ring (bicyclic) bond motifs is 1. The van der Waals surface area contributed by atoms with Gasteiger partial charge in [0.05, 0.1) is 11.0 Å². The number of alkyl halides is 4. The predicted molar refractivity (Wildman–Crippen MR) is 53.7 cm³/mol. The highest BCUT2D eigenvalue weighted by molar-refractivity contribution is 9.08. The number of halogens is 4. The Bertz CT molecular complexity index is 490. The van der Waals surface area contributed by atoms with Crippen molar-refractivity contribution >= 4 is 27.0 Å². The van der Waals surface area contributed by atoms with Gasteiger partial charge in [0.25, 0.3) is 0 Å². The zero-order chi connectivity index (χ0) is 11.1. The molecule has 2 rings (SSSR count). The molecule has 0 unspecified atom stereocenters. The van der Waals surface area contributed by atoms with Gasteiger partial charge >= 0.3 is 6.18 Å². The van der Waals surface area contributed by atoms with Gasteiger partial charge in [-0.05, 0) is 17.7 Å². The Labute approximate surface area is 91.6 Å². The Morgan fingerprint density at radius 2 is 2.07 bits per heavy atom. The molecule has 0 saturated heterocycles. The molecule has 15 heavy (non-hydrogen) atoms. The third-order valence-corrected chi connectivity index (χ3v) is 2.62. The Balaban J connectivity index is 2.56. The topological polar surface area (TPSA) is 28.7 Å². The summed E-state index contributed by atoms with van der Waals surface area (Å²) in [7, 11) is 0. The van der Waals surface area contributed by atoms with E-state index in [0.29, 0.717) is 16.4 Å². The van der Waals surface area contributed by atoms with Gasteiger partial charge in [0.15, 0.2) is 0 Å². The van der Waals surface area contributed by atoms with Crippen molar-refractivity contribution in [1.82, 2.24) is 9.97 Å². The summed E-state index contributed by atoms with van der Waals surface area (Å²) in [5.74, 6) is -0.954. The number of hydrogen-bond acceptors (Lipinski definition) is 1. The van der Waals surface area contributed by atoms with Crippen LogP contribution in [0.1, 0.15) is 11.4 Å². The van der Waals surface area contributed by atoms with Gasteiger partial charge in [0.1, 0.15) is 0 Å². The minimum atomic E-state index is -4.42. The van der Waals surface area contributed by atoms with E-state index in [1.165, 1.54) is 0 Å². The normalized spacial score (nSPS) is 12.3. The lowest BCUT2D eigenvalue weighted by Gasteiger charge is -1.99. The highest BCUT2D eigenvalue weighted by Gasteiger charge is 2.34. The SMILES string of the molecule is FC(F)(F)c1nc2ccc(CBr)cc2[nH]1. The van der Waals surface area contributed by atoms with Crippen molar-refractivity contribution in [2.24, 2.45) is 0 Å². The molecular formula is C9H6BrF3N2. The number of H-pyrrole nitrogens is 1. The Hall–Kier alpha value is -1.04. The molecule has 1 aromatic heterocycles. The van der Waals surface area contributed by atoms with E-state index in [1.54, 1.807) is 18.2 Å². The van der Waals surface area contributed by atoms with Gasteiger partial charge in [-0.3, -0.25) is 0 Å². The van der Waals surface area contributed by atoms with E-state index >= 15 is 0 Å². The number of hydrogen-bond donors (Lipinski definition) is 1. The first-order valence-electron chi connectivity index (χ1n) is 4.12. The molecule has 0 aliphatic rings. The second-order valence-corrected chi connectivity index (χ2v) is 3.63. The number of nitrogens with zero attached hydrogens (tertiary/aromatic N) is 1. The maximum atomic E-state index is 12.3. The summed E-state index contributed by atoms with van der Waals surface area (Å²) >= 11 is 3.23. The van der Waals surface area contributed by atoms with Crippen molar-refractivity contribution < 1.29 is 13.2 Å². The van der Waals surface area contributed by atoms with Crippen molar-refractivity contribution in [2.75, 3.05) is 0 Å². The van der Waals surface area contributed by atoms with Crippen LogP contribution in [0.15, 0.2) is 18.2 Å². The van der Waals surface area contributed by atoms with Crippen LogP contribution in [0.3, 0.4) is 0 Å². The van der Waals surface area contributed by atoms with Crippen LogP contribution in [-0.4, -0.2) is 9.97 Å². The van der Waals surface area contributed by atoms with E-state index in [1.807, 2.05) is 0 Å². The lowest BCUT2D eigenvalue weighted by molar-refractivity contribution is -0.144. The third-order valence-electron chi connectivity index (χ3n) is 1.97. The van der Waals surface area contributed by atoms with E-state index in [0.717, 1.165) is 5.56 Å². The highest BCUT2D eigenvalue weighted by Crippen LogP contribution is 2.28. The average molecular weight is 279 g/mol. The quantitative estimate of drug-likeness (QED) is 0.795. The van der Waals surface area contributed by atoms with Gasteiger partial charge < -0.3 is 4.98 Å². The molecule has 1 heterocycles. The van der Waals surface area contributed by atoms with Crippen LogP contribution >= 0.6 is 15.9 Å². The van der Waals surface area contributed by atoms with E-state index < -0.39 is 12.0 Å². The smallest absolute Gasteiger partial charge is 0.334 e. The van der Waals surface area contributed by atoms with E-state index in [2.05, 4.69) is 25.9 Å². The number of benzene rings is 1. The van der Waals surface area contributed by atoms with Crippen molar-refractivity contribution in [3.05, 3.63) is 29.6 Å². The van der Waals surface area contributed by atoms with Crippen LogP contribution in [0.2, 0.25) is 0 Å². The fraction of sp³-hybridized carbons (Fsp3) is 0.222. The lowest BCUT2D eigenvalue weighted by atomic mass is 10.2. The Morgan fingerprint density at radius 3 is 2.67 bits per heavy atom. The molecule has 1 aromatic carbocycles.